The van der Waals surface area contributed by atoms with Crippen LogP contribution in [0.25, 0.3) is 10.8 Å². The molecule has 0 saturated heterocycles. The number of phenols is 1. The lowest BCUT2D eigenvalue weighted by Crippen LogP contribution is -2.29. The second kappa shape index (κ2) is 7.30. The number of carbonyl (C=O) groups excluding carboxylic acids is 2. The third kappa shape index (κ3) is 3.80. The maximum atomic E-state index is 12.2. The molecule has 136 valence electrons. The summed E-state index contributed by atoms with van der Waals surface area (Å²) in [5, 5.41) is 26.5. The Labute approximate surface area is 157 Å². The molecule has 0 saturated carbocycles. The average molecular weight is 386 g/mol. The van der Waals surface area contributed by atoms with E-state index in [1.165, 1.54) is 18.2 Å². The van der Waals surface area contributed by atoms with E-state index in [0.717, 1.165) is 6.07 Å². The first-order valence-electron chi connectivity index (χ1n) is 7.64. The third-order valence-corrected chi connectivity index (χ3v) is 4.09. The standard InChI is InChI=1S/C18H12ClN3O5/c19-13-8-7-10(22(26)27)9-15(13)21-18(25)17(24)20-14-5-1-4-12-11(14)3-2-6-16(12)23/h1-9,23H,(H,20,24)(H,21,25). The largest absolute Gasteiger partial charge is 0.507 e. The molecule has 3 aromatic carbocycles. The topological polar surface area (TPSA) is 122 Å². The van der Waals surface area contributed by atoms with Crippen LogP contribution >= 0.6 is 11.6 Å². The summed E-state index contributed by atoms with van der Waals surface area (Å²) in [4.78, 5) is 34.5. The molecule has 0 atom stereocenters. The van der Waals surface area contributed by atoms with Crippen LogP contribution in [0.2, 0.25) is 5.02 Å². The first-order valence-corrected chi connectivity index (χ1v) is 8.01. The zero-order chi connectivity index (χ0) is 19.6. The molecule has 0 aliphatic heterocycles. The average Bonchev–Trinajstić information content (AvgIpc) is 2.64. The molecule has 0 aliphatic rings. The number of fused-ring (bicyclic) bond motifs is 1. The fourth-order valence-corrected chi connectivity index (χ4v) is 2.65. The van der Waals surface area contributed by atoms with Crippen LogP contribution in [0.15, 0.2) is 54.6 Å². The summed E-state index contributed by atoms with van der Waals surface area (Å²) in [6.07, 6.45) is 0. The second-order valence-electron chi connectivity index (χ2n) is 5.51. The molecule has 0 spiro atoms. The van der Waals surface area contributed by atoms with Gasteiger partial charge >= 0.3 is 11.8 Å². The summed E-state index contributed by atoms with van der Waals surface area (Å²) in [6, 6.07) is 13.1. The van der Waals surface area contributed by atoms with E-state index in [0.29, 0.717) is 16.5 Å². The zero-order valence-corrected chi connectivity index (χ0v) is 14.4. The van der Waals surface area contributed by atoms with E-state index < -0.39 is 16.7 Å². The molecule has 8 nitrogen and oxygen atoms in total. The minimum absolute atomic E-state index is 0.0384. The van der Waals surface area contributed by atoms with Gasteiger partial charge in [-0.2, -0.15) is 0 Å². The van der Waals surface area contributed by atoms with Gasteiger partial charge in [0.15, 0.2) is 0 Å². The first-order chi connectivity index (χ1) is 12.9. The highest BCUT2D eigenvalue weighted by Gasteiger charge is 2.18. The van der Waals surface area contributed by atoms with Crippen molar-refractivity contribution in [3.8, 4) is 5.75 Å². The van der Waals surface area contributed by atoms with E-state index >= 15 is 0 Å². The Morgan fingerprint density at radius 1 is 0.926 bits per heavy atom. The van der Waals surface area contributed by atoms with Gasteiger partial charge in [0.05, 0.1) is 15.6 Å². The molecule has 0 fully saturated rings. The predicted molar refractivity (Wildman–Crippen MR) is 101 cm³/mol. The van der Waals surface area contributed by atoms with Gasteiger partial charge in [0, 0.05) is 28.6 Å². The number of hydrogen-bond donors (Lipinski definition) is 3. The van der Waals surface area contributed by atoms with Crippen molar-refractivity contribution in [1.29, 1.82) is 0 Å². The lowest BCUT2D eigenvalue weighted by atomic mass is 10.1. The fraction of sp³-hybridized carbons (Fsp3) is 0. The monoisotopic (exact) mass is 385 g/mol. The fourth-order valence-electron chi connectivity index (χ4n) is 2.48. The van der Waals surface area contributed by atoms with Crippen molar-refractivity contribution in [2.24, 2.45) is 0 Å². The number of nitro groups is 1. The van der Waals surface area contributed by atoms with Crippen LogP contribution < -0.4 is 10.6 Å². The normalized spacial score (nSPS) is 10.4. The Morgan fingerprint density at radius 3 is 2.26 bits per heavy atom. The smallest absolute Gasteiger partial charge is 0.314 e. The maximum absolute atomic E-state index is 12.2. The zero-order valence-electron chi connectivity index (χ0n) is 13.6. The van der Waals surface area contributed by atoms with Crippen molar-refractivity contribution in [3.05, 3.63) is 69.7 Å². The molecule has 3 rings (SSSR count). The third-order valence-electron chi connectivity index (χ3n) is 3.76. The van der Waals surface area contributed by atoms with Gasteiger partial charge in [-0.25, -0.2) is 0 Å². The van der Waals surface area contributed by atoms with Crippen LogP contribution in [0.3, 0.4) is 0 Å². The number of nitrogens with zero attached hydrogens (tertiary/aromatic N) is 1. The lowest BCUT2D eigenvalue weighted by Gasteiger charge is -2.10. The first kappa shape index (κ1) is 18.2. The molecule has 0 heterocycles. The van der Waals surface area contributed by atoms with Crippen molar-refractivity contribution >= 4 is 51.2 Å². The highest BCUT2D eigenvalue weighted by molar-refractivity contribution is 6.45. The van der Waals surface area contributed by atoms with Crippen LogP contribution in [-0.2, 0) is 9.59 Å². The van der Waals surface area contributed by atoms with Gasteiger partial charge in [0.25, 0.3) is 5.69 Å². The Balaban J connectivity index is 1.82. The maximum Gasteiger partial charge on any atom is 0.314 e. The van der Waals surface area contributed by atoms with Crippen LogP contribution in [-0.4, -0.2) is 21.8 Å². The number of benzene rings is 3. The van der Waals surface area contributed by atoms with Gasteiger partial charge in [-0.1, -0.05) is 35.9 Å². The predicted octanol–water partition coefficient (Wildman–Crippen LogP) is 3.68. The van der Waals surface area contributed by atoms with E-state index in [1.807, 2.05) is 0 Å². The Morgan fingerprint density at radius 2 is 1.56 bits per heavy atom. The number of phenolic OH excluding ortho intramolecular Hbond substituents is 1. The number of nitrogens with one attached hydrogen (secondary N) is 2. The summed E-state index contributed by atoms with van der Waals surface area (Å²) >= 11 is 5.91. The quantitative estimate of drug-likeness (QED) is 0.360. The summed E-state index contributed by atoms with van der Waals surface area (Å²) in [5.74, 6) is -2.00. The number of nitro benzene ring substituents is 1. The summed E-state index contributed by atoms with van der Waals surface area (Å²) < 4.78 is 0. The number of rotatable bonds is 3. The van der Waals surface area contributed by atoms with E-state index in [4.69, 9.17) is 11.6 Å². The Bertz CT molecular complexity index is 1080. The number of halogens is 1. The van der Waals surface area contributed by atoms with Gasteiger partial charge in [-0.15, -0.1) is 0 Å². The molecule has 27 heavy (non-hydrogen) atoms. The van der Waals surface area contributed by atoms with E-state index in [2.05, 4.69) is 10.6 Å². The molecule has 0 aromatic heterocycles. The highest BCUT2D eigenvalue weighted by Crippen LogP contribution is 2.30. The number of carbonyl (C=O) groups is 2. The van der Waals surface area contributed by atoms with Gasteiger partial charge in [-0.05, 0) is 18.2 Å². The summed E-state index contributed by atoms with van der Waals surface area (Å²) in [7, 11) is 0. The van der Waals surface area contributed by atoms with E-state index in [-0.39, 0.29) is 22.1 Å². The summed E-state index contributed by atoms with van der Waals surface area (Å²) in [6.45, 7) is 0. The molecule has 2 amide bonds. The van der Waals surface area contributed by atoms with Crippen molar-refractivity contribution in [2.45, 2.75) is 0 Å². The van der Waals surface area contributed by atoms with Gasteiger partial charge in [-0.3, -0.25) is 19.7 Å². The molecule has 0 unspecified atom stereocenters. The van der Waals surface area contributed by atoms with Gasteiger partial charge in [0.2, 0.25) is 0 Å². The number of anilines is 2. The molecule has 0 bridgehead atoms. The van der Waals surface area contributed by atoms with E-state index in [9.17, 15) is 24.8 Å². The number of aromatic hydroxyl groups is 1. The highest BCUT2D eigenvalue weighted by atomic mass is 35.5. The van der Waals surface area contributed by atoms with Gasteiger partial charge < -0.3 is 15.7 Å². The summed E-state index contributed by atoms with van der Waals surface area (Å²) in [5.41, 5.74) is -0.00472. The van der Waals surface area contributed by atoms with Crippen LogP contribution in [0.1, 0.15) is 0 Å². The molecule has 9 heteroatoms. The Kier molecular flexibility index (Phi) is 4.91. The van der Waals surface area contributed by atoms with Crippen molar-refractivity contribution in [1.82, 2.24) is 0 Å². The number of hydrogen-bond acceptors (Lipinski definition) is 5. The molecular weight excluding hydrogens is 374 g/mol. The molecular formula is C18H12ClN3O5. The van der Waals surface area contributed by atoms with E-state index in [1.54, 1.807) is 30.3 Å². The van der Waals surface area contributed by atoms with Crippen molar-refractivity contribution < 1.29 is 19.6 Å². The molecule has 3 aromatic rings. The number of amides is 2. The second-order valence-corrected chi connectivity index (χ2v) is 5.91. The Hall–Kier alpha value is -3.65. The minimum atomic E-state index is -1.05. The van der Waals surface area contributed by atoms with Crippen LogP contribution in [0, 0.1) is 10.1 Å². The SMILES string of the molecule is O=C(Nc1cc([N+](=O)[O-])ccc1Cl)C(=O)Nc1cccc2c(O)cccc12. The van der Waals surface area contributed by atoms with Crippen LogP contribution in [0.4, 0.5) is 17.1 Å². The number of non-ortho nitro benzene ring substituents is 1. The molecule has 0 aliphatic carbocycles. The van der Waals surface area contributed by atoms with Crippen molar-refractivity contribution in [2.75, 3.05) is 10.6 Å². The minimum Gasteiger partial charge on any atom is -0.507 e. The van der Waals surface area contributed by atoms with Crippen molar-refractivity contribution in [3.63, 3.8) is 0 Å². The molecule has 3 N–H and O–H groups in total. The lowest BCUT2D eigenvalue weighted by molar-refractivity contribution is -0.384. The van der Waals surface area contributed by atoms with Gasteiger partial charge in [0.1, 0.15) is 5.75 Å². The molecule has 0 radical (unpaired) electrons. The van der Waals surface area contributed by atoms with Crippen LogP contribution in [0.5, 0.6) is 5.75 Å².